The summed E-state index contributed by atoms with van der Waals surface area (Å²) >= 11 is 14.9. The number of hydrogen-bond donors (Lipinski definition) is 1. The fourth-order valence-electron chi connectivity index (χ4n) is 3.11. The van der Waals surface area contributed by atoms with Gasteiger partial charge in [-0.15, -0.1) is 11.8 Å². The first kappa shape index (κ1) is 25.7. The lowest BCUT2D eigenvalue weighted by atomic mass is 10.2. The molecule has 0 unspecified atom stereocenters. The molecule has 0 saturated carbocycles. The maximum Gasteiger partial charge on any atom is 0.255 e. The van der Waals surface area contributed by atoms with Crippen LogP contribution in [0.5, 0.6) is 0 Å². The lowest BCUT2D eigenvalue weighted by molar-refractivity contribution is 0.0300. The van der Waals surface area contributed by atoms with E-state index >= 15 is 0 Å². The summed E-state index contributed by atoms with van der Waals surface area (Å²) in [5, 5.41) is 1.01. The number of carbonyl (C=O) groups is 1. The van der Waals surface area contributed by atoms with Gasteiger partial charge in [-0.05, 0) is 42.2 Å². The summed E-state index contributed by atoms with van der Waals surface area (Å²) in [6.45, 7) is 2.24. The van der Waals surface area contributed by atoms with Gasteiger partial charge in [0.05, 0.1) is 33.7 Å². The van der Waals surface area contributed by atoms with E-state index < -0.39 is 10.0 Å². The number of thioether (sulfide) groups is 2. The van der Waals surface area contributed by atoms with E-state index in [0.717, 1.165) is 10.5 Å². The van der Waals surface area contributed by atoms with Crippen molar-refractivity contribution in [2.45, 2.75) is 15.5 Å². The zero-order valence-corrected chi connectivity index (χ0v) is 21.4. The van der Waals surface area contributed by atoms with Gasteiger partial charge in [0, 0.05) is 36.0 Å². The predicted octanol–water partition coefficient (Wildman–Crippen LogP) is 4.40. The first-order chi connectivity index (χ1) is 15.3. The van der Waals surface area contributed by atoms with Crippen LogP contribution in [0, 0.1) is 0 Å². The van der Waals surface area contributed by atoms with Gasteiger partial charge in [-0.2, -0.15) is 11.8 Å². The van der Waals surface area contributed by atoms with Crippen molar-refractivity contribution in [3.63, 3.8) is 0 Å². The zero-order chi connectivity index (χ0) is 23.1. The molecule has 1 amide bonds. The molecular formula is C21H24Cl2N2O4S3. The Morgan fingerprint density at radius 1 is 1.12 bits per heavy atom. The summed E-state index contributed by atoms with van der Waals surface area (Å²) in [5.74, 6) is 1.10. The van der Waals surface area contributed by atoms with E-state index in [9.17, 15) is 13.2 Å². The van der Waals surface area contributed by atoms with Gasteiger partial charge in [-0.3, -0.25) is 4.79 Å². The quantitative estimate of drug-likeness (QED) is 0.379. The molecular weight excluding hydrogens is 511 g/mol. The number of halogens is 2. The molecule has 2 aromatic carbocycles. The molecule has 32 heavy (non-hydrogen) atoms. The molecule has 0 aliphatic carbocycles. The molecule has 1 heterocycles. The number of benzene rings is 2. The molecule has 1 aliphatic rings. The number of morpholine rings is 1. The van der Waals surface area contributed by atoms with E-state index in [4.69, 9.17) is 27.9 Å². The second-order valence-corrected chi connectivity index (χ2v) is 11.5. The number of carbonyl (C=O) groups excluding carboxylic acids is 1. The van der Waals surface area contributed by atoms with Crippen LogP contribution < -0.4 is 4.72 Å². The van der Waals surface area contributed by atoms with E-state index in [1.807, 2.05) is 12.3 Å². The molecule has 174 valence electrons. The SMILES string of the molecule is CSc1ccc(S(=O)(=O)NCCSCc2ccc(Cl)c(Cl)c2)cc1C(=O)N1CCOCC1. The van der Waals surface area contributed by atoms with Gasteiger partial charge in [-0.1, -0.05) is 29.3 Å². The minimum atomic E-state index is -3.74. The van der Waals surface area contributed by atoms with Crippen molar-refractivity contribution in [1.29, 1.82) is 0 Å². The normalized spacial score (nSPS) is 14.5. The lowest BCUT2D eigenvalue weighted by Crippen LogP contribution is -2.41. The number of sulfonamides is 1. The van der Waals surface area contributed by atoms with Crippen LogP contribution in [0.4, 0.5) is 0 Å². The number of nitrogens with zero attached hydrogens (tertiary/aromatic N) is 1. The fourth-order valence-corrected chi connectivity index (χ4v) is 5.99. The van der Waals surface area contributed by atoms with Gasteiger partial charge in [0.25, 0.3) is 5.91 Å². The van der Waals surface area contributed by atoms with Crippen LogP contribution >= 0.6 is 46.7 Å². The number of amides is 1. The molecule has 1 saturated heterocycles. The van der Waals surface area contributed by atoms with Gasteiger partial charge < -0.3 is 9.64 Å². The van der Waals surface area contributed by atoms with Crippen molar-refractivity contribution in [3.8, 4) is 0 Å². The maximum absolute atomic E-state index is 13.0. The van der Waals surface area contributed by atoms with E-state index in [0.29, 0.717) is 53.4 Å². The monoisotopic (exact) mass is 534 g/mol. The number of ether oxygens (including phenoxy) is 1. The Bertz CT molecular complexity index is 1060. The van der Waals surface area contributed by atoms with Crippen molar-refractivity contribution < 1.29 is 17.9 Å². The summed E-state index contributed by atoms with van der Waals surface area (Å²) in [6.07, 6.45) is 1.86. The van der Waals surface area contributed by atoms with Crippen LogP contribution in [0.2, 0.25) is 10.0 Å². The third kappa shape index (κ3) is 6.79. The van der Waals surface area contributed by atoms with Crippen molar-refractivity contribution in [1.82, 2.24) is 9.62 Å². The van der Waals surface area contributed by atoms with Gasteiger partial charge in [-0.25, -0.2) is 13.1 Å². The topological polar surface area (TPSA) is 75.7 Å². The van der Waals surface area contributed by atoms with Gasteiger partial charge in [0.15, 0.2) is 0 Å². The highest BCUT2D eigenvalue weighted by molar-refractivity contribution is 7.98. The second kappa shape index (κ2) is 12.0. The van der Waals surface area contributed by atoms with Crippen LogP contribution in [0.25, 0.3) is 0 Å². The molecule has 0 atom stereocenters. The molecule has 2 aromatic rings. The highest BCUT2D eigenvalue weighted by atomic mass is 35.5. The van der Waals surface area contributed by atoms with Crippen LogP contribution in [0.1, 0.15) is 15.9 Å². The molecule has 6 nitrogen and oxygen atoms in total. The highest BCUT2D eigenvalue weighted by Gasteiger charge is 2.24. The Morgan fingerprint density at radius 2 is 1.88 bits per heavy atom. The third-order valence-electron chi connectivity index (χ3n) is 4.80. The Balaban J connectivity index is 1.60. The average Bonchev–Trinajstić information content (AvgIpc) is 2.80. The van der Waals surface area contributed by atoms with E-state index in [-0.39, 0.29) is 17.3 Å². The molecule has 11 heteroatoms. The van der Waals surface area contributed by atoms with E-state index in [2.05, 4.69) is 4.72 Å². The minimum Gasteiger partial charge on any atom is -0.378 e. The largest absolute Gasteiger partial charge is 0.378 e. The molecule has 1 fully saturated rings. The minimum absolute atomic E-state index is 0.0846. The van der Waals surface area contributed by atoms with Crippen molar-refractivity contribution in [2.24, 2.45) is 0 Å². The molecule has 0 spiro atoms. The fraction of sp³-hybridized carbons (Fsp3) is 0.381. The molecule has 1 aliphatic heterocycles. The summed E-state index contributed by atoms with van der Waals surface area (Å²) in [7, 11) is -3.74. The smallest absolute Gasteiger partial charge is 0.255 e. The third-order valence-corrected chi connectivity index (χ3v) is 8.82. The van der Waals surface area contributed by atoms with Crippen molar-refractivity contribution >= 4 is 62.7 Å². The molecule has 0 radical (unpaired) electrons. The van der Waals surface area contributed by atoms with Crippen LogP contribution in [0.15, 0.2) is 46.2 Å². The molecule has 0 aromatic heterocycles. The van der Waals surface area contributed by atoms with Crippen molar-refractivity contribution in [3.05, 3.63) is 57.6 Å². The first-order valence-corrected chi connectivity index (χ1v) is 14.5. The van der Waals surface area contributed by atoms with Gasteiger partial charge in [0.2, 0.25) is 10.0 Å². The summed E-state index contributed by atoms with van der Waals surface area (Å²) < 4.78 is 33.5. The molecule has 1 N–H and O–H groups in total. The average molecular weight is 536 g/mol. The summed E-state index contributed by atoms with van der Waals surface area (Å²) in [5.41, 5.74) is 1.42. The van der Waals surface area contributed by atoms with Crippen LogP contribution in [0.3, 0.4) is 0 Å². The summed E-state index contributed by atoms with van der Waals surface area (Å²) in [4.78, 5) is 15.5. The standard InChI is InChI=1S/C21H24Cl2N2O4S3/c1-30-20-5-3-16(13-17(20)21(26)25-7-9-29-10-8-25)32(27,28)24-6-11-31-14-15-2-4-18(22)19(23)12-15/h2-5,12-13,24H,6-11,14H2,1H3. The zero-order valence-electron chi connectivity index (χ0n) is 17.5. The highest BCUT2D eigenvalue weighted by Crippen LogP contribution is 2.26. The second-order valence-electron chi connectivity index (χ2n) is 6.97. The Morgan fingerprint density at radius 3 is 2.56 bits per heavy atom. The number of rotatable bonds is 9. The van der Waals surface area contributed by atoms with Crippen LogP contribution in [-0.2, 0) is 20.5 Å². The van der Waals surface area contributed by atoms with E-state index in [1.165, 1.54) is 23.9 Å². The Labute approximate surface area is 207 Å². The Kier molecular flexibility index (Phi) is 9.60. The molecule has 0 bridgehead atoms. The summed E-state index contributed by atoms with van der Waals surface area (Å²) in [6, 6.07) is 10.1. The van der Waals surface area contributed by atoms with Crippen LogP contribution in [-0.4, -0.2) is 64.1 Å². The number of hydrogen-bond acceptors (Lipinski definition) is 6. The predicted molar refractivity (Wildman–Crippen MR) is 133 cm³/mol. The first-order valence-electron chi connectivity index (χ1n) is 9.88. The lowest BCUT2D eigenvalue weighted by Gasteiger charge is -2.27. The van der Waals surface area contributed by atoms with Gasteiger partial charge in [0.1, 0.15) is 0 Å². The molecule has 3 rings (SSSR count). The van der Waals surface area contributed by atoms with Crippen molar-refractivity contribution in [2.75, 3.05) is 44.9 Å². The van der Waals surface area contributed by atoms with Gasteiger partial charge >= 0.3 is 0 Å². The Hall–Kier alpha value is -0.940. The van der Waals surface area contributed by atoms with E-state index in [1.54, 1.807) is 34.9 Å². The maximum atomic E-state index is 13.0. The number of nitrogens with one attached hydrogen (secondary N) is 1.